The monoisotopic (exact) mass is 420 g/mol. The Balaban J connectivity index is 0.000000469. The normalized spacial score (nSPS) is 14.5. The molecule has 0 unspecified atom stereocenters. The van der Waals surface area contributed by atoms with E-state index in [1.54, 1.807) is 13.4 Å². The number of rotatable bonds is 7. The SMILES string of the molecule is CCOc1cc(CN2CCN(Cc3ccco3)CC2)ccc1OC.O=C(O)C(=O)O. The van der Waals surface area contributed by atoms with Crippen molar-refractivity contribution in [2.75, 3.05) is 39.9 Å². The average molecular weight is 420 g/mol. The van der Waals surface area contributed by atoms with Gasteiger partial charge in [0.1, 0.15) is 5.76 Å². The highest BCUT2D eigenvalue weighted by Gasteiger charge is 2.18. The summed E-state index contributed by atoms with van der Waals surface area (Å²) < 4.78 is 16.5. The molecule has 2 N–H and O–H groups in total. The lowest BCUT2D eigenvalue weighted by atomic mass is 10.1. The second-order valence-electron chi connectivity index (χ2n) is 6.66. The van der Waals surface area contributed by atoms with E-state index in [2.05, 4.69) is 21.9 Å². The lowest BCUT2D eigenvalue weighted by Gasteiger charge is -2.34. The predicted molar refractivity (Wildman–Crippen MR) is 109 cm³/mol. The molecule has 0 amide bonds. The van der Waals surface area contributed by atoms with Gasteiger partial charge in [-0.2, -0.15) is 0 Å². The molecule has 0 atom stereocenters. The molecule has 30 heavy (non-hydrogen) atoms. The molecule has 1 aromatic carbocycles. The first-order chi connectivity index (χ1) is 14.4. The Morgan fingerprint density at radius 2 is 1.63 bits per heavy atom. The van der Waals surface area contributed by atoms with Crippen LogP contribution >= 0.6 is 0 Å². The van der Waals surface area contributed by atoms with Gasteiger partial charge >= 0.3 is 11.9 Å². The summed E-state index contributed by atoms with van der Waals surface area (Å²) in [5.41, 5.74) is 1.26. The molecule has 2 heterocycles. The predicted octanol–water partition coefficient (Wildman–Crippen LogP) is 2.16. The molecule has 3 rings (SSSR count). The standard InChI is InChI=1S/C19H26N2O3.C2H2O4/c1-3-23-19-13-16(6-7-18(19)22-2)14-20-8-10-21(11-9-20)15-17-5-4-12-24-17;3-1(4)2(5)6/h4-7,12-13H,3,8-11,14-15H2,1-2H3;(H,3,4)(H,5,6). The molecule has 164 valence electrons. The van der Waals surface area contributed by atoms with Crippen molar-refractivity contribution in [2.24, 2.45) is 0 Å². The van der Waals surface area contributed by atoms with Crippen molar-refractivity contribution in [3.05, 3.63) is 47.9 Å². The number of carbonyl (C=O) groups is 2. The lowest BCUT2D eigenvalue weighted by Crippen LogP contribution is -2.45. The van der Waals surface area contributed by atoms with Crippen molar-refractivity contribution < 1.29 is 33.7 Å². The van der Waals surface area contributed by atoms with Gasteiger partial charge in [0, 0.05) is 32.7 Å². The maximum atomic E-state index is 9.10. The van der Waals surface area contributed by atoms with Crippen LogP contribution in [-0.2, 0) is 22.7 Å². The molecule has 0 spiro atoms. The van der Waals surface area contributed by atoms with Crippen LogP contribution in [0, 0.1) is 0 Å². The Labute approximate surface area is 175 Å². The number of piperazine rings is 1. The van der Waals surface area contributed by atoms with Crippen LogP contribution in [0.25, 0.3) is 0 Å². The van der Waals surface area contributed by atoms with Crippen LogP contribution in [0.1, 0.15) is 18.2 Å². The van der Waals surface area contributed by atoms with E-state index < -0.39 is 11.9 Å². The van der Waals surface area contributed by atoms with Gasteiger partial charge in [0.15, 0.2) is 11.5 Å². The first-order valence-corrected chi connectivity index (χ1v) is 9.66. The zero-order valence-corrected chi connectivity index (χ0v) is 17.2. The second-order valence-corrected chi connectivity index (χ2v) is 6.66. The van der Waals surface area contributed by atoms with Crippen molar-refractivity contribution in [2.45, 2.75) is 20.0 Å². The van der Waals surface area contributed by atoms with Crippen LogP contribution in [0.4, 0.5) is 0 Å². The number of aliphatic carboxylic acids is 2. The van der Waals surface area contributed by atoms with Crippen LogP contribution in [0.5, 0.6) is 11.5 Å². The van der Waals surface area contributed by atoms with Crippen molar-refractivity contribution >= 4 is 11.9 Å². The number of carboxylic acid groups (broad SMARTS) is 2. The third-order valence-corrected chi connectivity index (χ3v) is 4.54. The van der Waals surface area contributed by atoms with Crippen molar-refractivity contribution in [3.8, 4) is 11.5 Å². The van der Waals surface area contributed by atoms with Crippen molar-refractivity contribution in [1.29, 1.82) is 0 Å². The Morgan fingerprint density at radius 3 is 2.13 bits per heavy atom. The Kier molecular flexibility index (Phi) is 9.17. The van der Waals surface area contributed by atoms with E-state index in [0.717, 1.165) is 56.5 Å². The number of ether oxygens (including phenoxy) is 2. The highest BCUT2D eigenvalue weighted by molar-refractivity contribution is 6.27. The van der Waals surface area contributed by atoms with Crippen LogP contribution in [0.3, 0.4) is 0 Å². The molecule has 9 heteroatoms. The van der Waals surface area contributed by atoms with Crippen LogP contribution in [-0.4, -0.2) is 71.8 Å². The minimum Gasteiger partial charge on any atom is -0.493 e. The van der Waals surface area contributed by atoms with E-state index in [-0.39, 0.29) is 0 Å². The van der Waals surface area contributed by atoms with Gasteiger partial charge in [-0.3, -0.25) is 9.80 Å². The maximum Gasteiger partial charge on any atom is 0.414 e. The average Bonchev–Trinajstić information content (AvgIpc) is 3.23. The second kappa shape index (κ2) is 11.8. The molecule has 1 aliphatic heterocycles. The summed E-state index contributed by atoms with van der Waals surface area (Å²) in [7, 11) is 1.68. The summed E-state index contributed by atoms with van der Waals surface area (Å²) in [4.78, 5) is 23.1. The van der Waals surface area contributed by atoms with Crippen LogP contribution in [0.2, 0.25) is 0 Å². The minimum atomic E-state index is -1.82. The van der Waals surface area contributed by atoms with Gasteiger partial charge in [0.05, 0.1) is 26.5 Å². The summed E-state index contributed by atoms with van der Waals surface area (Å²) in [6, 6.07) is 10.2. The van der Waals surface area contributed by atoms with Gasteiger partial charge in [0.2, 0.25) is 0 Å². The molecule has 9 nitrogen and oxygen atoms in total. The molecule has 0 bridgehead atoms. The third-order valence-electron chi connectivity index (χ3n) is 4.54. The minimum absolute atomic E-state index is 0.644. The highest BCUT2D eigenvalue weighted by atomic mass is 16.5. The quantitative estimate of drug-likeness (QED) is 0.651. The number of benzene rings is 1. The molecular formula is C21H28N2O7. The molecule has 0 aliphatic carbocycles. The van der Waals surface area contributed by atoms with Gasteiger partial charge in [-0.15, -0.1) is 0 Å². The third kappa shape index (κ3) is 7.41. The van der Waals surface area contributed by atoms with E-state index in [9.17, 15) is 0 Å². The lowest BCUT2D eigenvalue weighted by molar-refractivity contribution is -0.159. The zero-order chi connectivity index (χ0) is 21.9. The fourth-order valence-corrected chi connectivity index (χ4v) is 3.07. The molecule has 1 aromatic heterocycles. The molecule has 0 radical (unpaired) electrons. The molecule has 2 aromatic rings. The fraction of sp³-hybridized carbons (Fsp3) is 0.429. The van der Waals surface area contributed by atoms with E-state index in [1.807, 2.05) is 25.1 Å². The molecule has 1 saturated heterocycles. The van der Waals surface area contributed by atoms with Gasteiger partial charge in [0.25, 0.3) is 0 Å². The smallest absolute Gasteiger partial charge is 0.414 e. The van der Waals surface area contributed by atoms with Crippen LogP contribution in [0.15, 0.2) is 41.0 Å². The molecule has 1 aliphatic rings. The Bertz CT molecular complexity index is 788. The molecule has 1 fully saturated rings. The van der Waals surface area contributed by atoms with Gasteiger partial charge in [-0.05, 0) is 36.8 Å². The van der Waals surface area contributed by atoms with Crippen LogP contribution < -0.4 is 9.47 Å². The summed E-state index contributed by atoms with van der Waals surface area (Å²) in [6.45, 7) is 8.74. The van der Waals surface area contributed by atoms with Gasteiger partial charge in [-0.25, -0.2) is 9.59 Å². The zero-order valence-electron chi connectivity index (χ0n) is 17.2. The van der Waals surface area contributed by atoms with Gasteiger partial charge in [-0.1, -0.05) is 6.07 Å². The number of methoxy groups -OCH3 is 1. The van der Waals surface area contributed by atoms with E-state index >= 15 is 0 Å². The van der Waals surface area contributed by atoms with Gasteiger partial charge < -0.3 is 24.1 Å². The van der Waals surface area contributed by atoms with E-state index in [4.69, 9.17) is 33.7 Å². The number of nitrogens with zero attached hydrogens (tertiary/aromatic N) is 2. The Hall–Kier alpha value is -3.04. The summed E-state index contributed by atoms with van der Waals surface area (Å²) in [6.07, 6.45) is 1.74. The highest BCUT2D eigenvalue weighted by Crippen LogP contribution is 2.28. The fourth-order valence-electron chi connectivity index (χ4n) is 3.07. The first kappa shape index (κ1) is 23.2. The summed E-state index contributed by atoms with van der Waals surface area (Å²) >= 11 is 0. The summed E-state index contributed by atoms with van der Waals surface area (Å²) in [5, 5.41) is 14.8. The van der Waals surface area contributed by atoms with E-state index in [0.29, 0.717) is 6.61 Å². The van der Waals surface area contributed by atoms with E-state index in [1.165, 1.54) is 5.56 Å². The number of carboxylic acids is 2. The largest absolute Gasteiger partial charge is 0.493 e. The molecular weight excluding hydrogens is 392 g/mol. The number of hydrogen-bond donors (Lipinski definition) is 2. The molecule has 0 saturated carbocycles. The topological polar surface area (TPSA) is 113 Å². The number of furan rings is 1. The van der Waals surface area contributed by atoms with Crippen molar-refractivity contribution in [1.82, 2.24) is 9.80 Å². The summed E-state index contributed by atoms with van der Waals surface area (Å²) in [5.74, 6) is -0.984. The first-order valence-electron chi connectivity index (χ1n) is 9.66. The Morgan fingerprint density at radius 1 is 1.00 bits per heavy atom. The number of hydrogen-bond acceptors (Lipinski definition) is 7. The van der Waals surface area contributed by atoms with Crippen molar-refractivity contribution in [3.63, 3.8) is 0 Å². The maximum absolute atomic E-state index is 9.10.